The molecule has 1 saturated heterocycles. The fourth-order valence-corrected chi connectivity index (χ4v) is 2.64. The summed E-state index contributed by atoms with van der Waals surface area (Å²) in [6.07, 6.45) is 2.49. The monoisotopic (exact) mass is 301 g/mol. The highest BCUT2D eigenvalue weighted by molar-refractivity contribution is 6.39. The molecule has 1 aliphatic heterocycles. The quantitative estimate of drug-likeness (QED) is 0.840. The van der Waals surface area contributed by atoms with Gasteiger partial charge in [0.15, 0.2) is 0 Å². The van der Waals surface area contributed by atoms with Crippen LogP contribution in [-0.2, 0) is 0 Å². The summed E-state index contributed by atoms with van der Waals surface area (Å²) in [5, 5.41) is 3.47. The van der Waals surface area contributed by atoms with E-state index in [0.29, 0.717) is 27.8 Å². The van der Waals surface area contributed by atoms with Crippen LogP contribution in [-0.4, -0.2) is 37.0 Å². The summed E-state index contributed by atoms with van der Waals surface area (Å²) in [6, 6.07) is 3.07. The third-order valence-electron chi connectivity index (χ3n) is 3.25. The van der Waals surface area contributed by atoms with Crippen LogP contribution in [0, 0.1) is 0 Å². The highest BCUT2D eigenvalue weighted by atomic mass is 35.5. The smallest absolute Gasteiger partial charge is 0.251 e. The van der Waals surface area contributed by atoms with E-state index >= 15 is 0 Å². The molecule has 19 heavy (non-hydrogen) atoms. The number of anilines is 1. The molecule has 1 heterocycles. The van der Waals surface area contributed by atoms with Crippen LogP contribution in [0.1, 0.15) is 23.2 Å². The first kappa shape index (κ1) is 14.4. The van der Waals surface area contributed by atoms with E-state index in [0.717, 1.165) is 19.6 Å². The average molecular weight is 302 g/mol. The lowest BCUT2D eigenvalue weighted by atomic mass is 10.2. The number of nitrogens with one attached hydrogen (secondary N) is 1. The first-order chi connectivity index (χ1) is 9.08. The third-order valence-corrected chi connectivity index (χ3v) is 3.88. The lowest BCUT2D eigenvalue weighted by molar-refractivity contribution is 0.0950. The Balaban J connectivity index is 1.88. The maximum atomic E-state index is 11.9. The number of carbonyl (C=O) groups is 1. The molecule has 0 saturated carbocycles. The molecule has 1 aliphatic rings. The number of likely N-dealkylation sites (tertiary alicyclic amines) is 1. The lowest BCUT2D eigenvalue weighted by Crippen LogP contribution is -2.33. The Morgan fingerprint density at radius 1 is 1.26 bits per heavy atom. The van der Waals surface area contributed by atoms with Gasteiger partial charge >= 0.3 is 0 Å². The average Bonchev–Trinajstić information content (AvgIpc) is 2.88. The fraction of sp³-hybridized carbons (Fsp3) is 0.462. The Kier molecular flexibility index (Phi) is 4.91. The van der Waals surface area contributed by atoms with Crippen LogP contribution in [0.25, 0.3) is 0 Å². The van der Waals surface area contributed by atoms with Crippen LogP contribution >= 0.6 is 23.2 Å². The molecule has 0 bridgehead atoms. The van der Waals surface area contributed by atoms with Crippen molar-refractivity contribution in [3.63, 3.8) is 0 Å². The van der Waals surface area contributed by atoms with Crippen molar-refractivity contribution in [3.8, 4) is 0 Å². The van der Waals surface area contributed by atoms with Crippen LogP contribution in [0.15, 0.2) is 12.1 Å². The molecule has 0 atom stereocenters. The molecule has 3 N–H and O–H groups in total. The summed E-state index contributed by atoms with van der Waals surface area (Å²) in [5.74, 6) is -0.178. The number of nitrogen functional groups attached to an aromatic ring is 1. The predicted octanol–water partition coefficient (Wildman–Crippen LogP) is 2.40. The normalized spacial score (nSPS) is 15.7. The number of carbonyl (C=O) groups excluding carboxylic acids is 1. The molecule has 1 fully saturated rings. The minimum atomic E-state index is -0.178. The molecule has 4 nitrogen and oxygen atoms in total. The van der Waals surface area contributed by atoms with Crippen molar-refractivity contribution in [2.45, 2.75) is 12.8 Å². The largest absolute Gasteiger partial charge is 0.396 e. The van der Waals surface area contributed by atoms with Gasteiger partial charge in [-0.1, -0.05) is 23.2 Å². The fourth-order valence-electron chi connectivity index (χ4n) is 2.15. The lowest BCUT2D eigenvalue weighted by Gasteiger charge is -2.15. The second-order valence-corrected chi connectivity index (χ2v) is 5.47. The summed E-state index contributed by atoms with van der Waals surface area (Å²) in [4.78, 5) is 14.3. The molecule has 0 radical (unpaired) electrons. The Morgan fingerprint density at radius 3 is 2.42 bits per heavy atom. The van der Waals surface area contributed by atoms with Crippen LogP contribution in [0.3, 0.4) is 0 Å². The standard InChI is InChI=1S/C13H17Cl2N3O/c14-10-7-9(8-11(15)12(10)16)13(19)17-3-6-18-4-1-2-5-18/h7-8H,1-6,16H2,(H,17,19). The van der Waals surface area contributed by atoms with E-state index in [-0.39, 0.29) is 5.91 Å². The zero-order chi connectivity index (χ0) is 13.8. The summed E-state index contributed by atoms with van der Waals surface area (Å²) < 4.78 is 0. The van der Waals surface area contributed by atoms with E-state index in [1.54, 1.807) is 0 Å². The van der Waals surface area contributed by atoms with Gasteiger partial charge in [0.1, 0.15) is 0 Å². The van der Waals surface area contributed by atoms with E-state index in [9.17, 15) is 4.79 Å². The Bertz CT molecular complexity index is 450. The summed E-state index contributed by atoms with van der Waals surface area (Å²) in [7, 11) is 0. The molecule has 1 aromatic carbocycles. The molecule has 0 aliphatic carbocycles. The maximum absolute atomic E-state index is 11.9. The first-order valence-corrected chi connectivity index (χ1v) is 7.08. The number of nitrogens with two attached hydrogens (primary N) is 1. The number of halogens is 2. The van der Waals surface area contributed by atoms with Gasteiger partial charge in [-0.15, -0.1) is 0 Å². The second kappa shape index (κ2) is 6.46. The van der Waals surface area contributed by atoms with E-state index in [2.05, 4.69) is 10.2 Å². The molecule has 0 aromatic heterocycles. The number of hydrogen-bond donors (Lipinski definition) is 2. The molecule has 104 valence electrons. The van der Waals surface area contributed by atoms with Gasteiger partial charge in [0.2, 0.25) is 0 Å². The van der Waals surface area contributed by atoms with Gasteiger partial charge in [-0.05, 0) is 38.1 Å². The Labute approximate surface area is 122 Å². The van der Waals surface area contributed by atoms with Gasteiger partial charge in [0.25, 0.3) is 5.91 Å². The molecule has 6 heteroatoms. The van der Waals surface area contributed by atoms with Crippen molar-refractivity contribution in [3.05, 3.63) is 27.7 Å². The van der Waals surface area contributed by atoms with Crippen molar-refractivity contribution in [2.24, 2.45) is 0 Å². The first-order valence-electron chi connectivity index (χ1n) is 6.33. The van der Waals surface area contributed by atoms with E-state index in [4.69, 9.17) is 28.9 Å². The van der Waals surface area contributed by atoms with Crippen molar-refractivity contribution in [1.29, 1.82) is 0 Å². The molecule has 0 spiro atoms. The molecule has 0 unspecified atom stereocenters. The van der Waals surface area contributed by atoms with Crippen LogP contribution in [0.5, 0.6) is 0 Å². The topological polar surface area (TPSA) is 58.4 Å². The van der Waals surface area contributed by atoms with E-state index in [1.165, 1.54) is 25.0 Å². The summed E-state index contributed by atoms with van der Waals surface area (Å²) >= 11 is 11.8. The number of nitrogens with zero attached hydrogens (tertiary/aromatic N) is 1. The van der Waals surface area contributed by atoms with E-state index < -0.39 is 0 Å². The van der Waals surface area contributed by atoms with Crippen molar-refractivity contribution in [2.75, 3.05) is 31.9 Å². The highest BCUT2D eigenvalue weighted by Crippen LogP contribution is 2.28. The third kappa shape index (κ3) is 3.75. The summed E-state index contributed by atoms with van der Waals surface area (Å²) in [5.41, 5.74) is 6.37. The predicted molar refractivity (Wildman–Crippen MR) is 78.9 cm³/mol. The van der Waals surface area contributed by atoms with Crippen LogP contribution in [0.4, 0.5) is 5.69 Å². The number of hydrogen-bond acceptors (Lipinski definition) is 3. The van der Waals surface area contributed by atoms with Crippen molar-refractivity contribution < 1.29 is 4.79 Å². The second-order valence-electron chi connectivity index (χ2n) is 4.66. The molecule has 1 aromatic rings. The van der Waals surface area contributed by atoms with Crippen molar-refractivity contribution in [1.82, 2.24) is 10.2 Å². The minimum absolute atomic E-state index is 0.178. The van der Waals surface area contributed by atoms with Crippen LogP contribution in [0.2, 0.25) is 10.0 Å². The van der Waals surface area contributed by atoms with Gasteiger partial charge in [0.05, 0.1) is 15.7 Å². The van der Waals surface area contributed by atoms with Gasteiger partial charge in [-0.3, -0.25) is 4.79 Å². The molecular weight excluding hydrogens is 285 g/mol. The van der Waals surface area contributed by atoms with Crippen LogP contribution < -0.4 is 11.1 Å². The van der Waals surface area contributed by atoms with E-state index in [1.807, 2.05) is 0 Å². The summed E-state index contributed by atoms with van der Waals surface area (Å²) in [6.45, 7) is 3.74. The zero-order valence-electron chi connectivity index (χ0n) is 10.6. The Morgan fingerprint density at radius 2 is 1.84 bits per heavy atom. The Hall–Kier alpha value is -0.970. The molecule has 1 amide bonds. The zero-order valence-corrected chi connectivity index (χ0v) is 12.1. The van der Waals surface area contributed by atoms with Gasteiger partial charge in [-0.2, -0.15) is 0 Å². The number of amides is 1. The van der Waals surface area contributed by atoms with Gasteiger partial charge in [0, 0.05) is 18.7 Å². The van der Waals surface area contributed by atoms with Gasteiger partial charge < -0.3 is 16.0 Å². The SMILES string of the molecule is Nc1c(Cl)cc(C(=O)NCCN2CCCC2)cc1Cl. The van der Waals surface area contributed by atoms with Gasteiger partial charge in [-0.25, -0.2) is 0 Å². The minimum Gasteiger partial charge on any atom is -0.396 e. The highest BCUT2D eigenvalue weighted by Gasteiger charge is 2.13. The molecular formula is C13H17Cl2N3O. The number of rotatable bonds is 4. The van der Waals surface area contributed by atoms with Crippen molar-refractivity contribution >= 4 is 34.8 Å². The number of benzene rings is 1. The maximum Gasteiger partial charge on any atom is 0.251 e. The molecule has 2 rings (SSSR count).